The molecule has 0 aliphatic heterocycles. The smallest absolute Gasteiger partial charge is 0.387 e. The fraction of sp³-hybridized carbons (Fsp3) is 0.794. The summed E-state index contributed by atoms with van der Waals surface area (Å²) in [6.07, 6.45) is 30.8. The largest absolute Gasteiger partial charge is 0.472 e. The second-order valence-electron chi connectivity index (χ2n) is 12.5. The van der Waals surface area contributed by atoms with Crippen molar-refractivity contribution in [1.29, 1.82) is 0 Å². The van der Waals surface area contributed by atoms with Gasteiger partial charge < -0.3 is 19.8 Å². The highest BCUT2D eigenvalue weighted by molar-refractivity contribution is 7.47. The van der Waals surface area contributed by atoms with E-state index in [1.54, 1.807) is 6.08 Å². The lowest BCUT2D eigenvalue weighted by atomic mass is 10.1. The molecule has 0 rings (SSSR count). The average molecular weight is 630 g/mol. The summed E-state index contributed by atoms with van der Waals surface area (Å²) < 4.78 is 23.0. The van der Waals surface area contributed by atoms with Crippen molar-refractivity contribution in [2.75, 3.05) is 40.9 Å². The lowest BCUT2D eigenvalue weighted by Gasteiger charge is -2.25. The average Bonchev–Trinajstić information content (AvgIpc) is 2.93. The van der Waals surface area contributed by atoms with Crippen molar-refractivity contribution in [1.82, 2.24) is 5.32 Å². The Bertz CT molecular complexity index is 809. The lowest BCUT2D eigenvalue weighted by molar-refractivity contribution is -0.870. The molecule has 1 amide bonds. The summed E-state index contributed by atoms with van der Waals surface area (Å²) in [7, 11) is 1.53. The molecule has 0 bridgehead atoms. The Morgan fingerprint density at radius 1 is 0.767 bits per heavy atom. The Labute approximate surface area is 264 Å². The molecule has 0 heterocycles. The van der Waals surface area contributed by atoms with E-state index < -0.39 is 20.0 Å². The maximum atomic E-state index is 12.3. The van der Waals surface area contributed by atoms with Crippen molar-refractivity contribution < 1.29 is 32.9 Å². The zero-order valence-electron chi connectivity index (χ0n) is 28.2. The number of rotatable bonds is 29. The van der Waals surface area contributed by atoms with Crippen LogP contribution in [0, 0.1) is 0 Å². The maximum Gasteiger partial charge on any atom is 0.472 e. The second kappa shape index (κ2) is 27.1. The van der Waals surface area contributed by atoms with Crippen LogP contribution in [0.2, 0.25) is 0 Å². The molecule has 3 atom stereocenters. The molecular formula is C34H66N2O6P+. The lowest BCUT2D eigenvalue weighted by Crippen LogP contribution is -2.45. The van der Waals surface area contributed by atoms with Gasteiger partial charge in [0.15, 0.2) is 0 Å². The van der Waals surface area contributed by atoms with Gasteiger partial charge in [-0.2, -0.15) is 0 Å². The number of allylic oxidation sites excluding steroid dienone is 5. The van der Waals surface area contributed by atoms with Gasteiger partial charge in [-0.1, -0.05) is 108 Å². The highest BCUT2D eigenvalue weighted by Crippen LogP contribution is 2.43. The molecule has 0 radical (unpaired) electrons. The predicted octanol–water partition coefficient (Wildman–Crippen LogP) is 8.01. The summed E-state index contributed by atoms with van der Waals surface area (Å²) in [6, 6.07) is -0.861. The zero-order chi connectivity index (χ0) is 32.2. The highest BCUT2D eigenvalue weighted by atomic mass is 31.2. The summed E-state index contributed by atoms with van der Waals surface area (Å²) >= 11 is 0. The van der Waals surface area contributed by atoms with Crippen LogP contribution < -0.4 is 5.32 Å². The number of hydrogen-bond acceptors (Lipinski definition) is 5. The molecule has 0 saturated heterocycles. The molecule has 0 saturated carbocycles. The number of aliphatic hydroxyl groups is 1. The van der Waals surface area contributed by atoms with E-state index in [0.717, 1.165) is 25.7 Å². The van der Waals surface area contributed by atoms with Crippen LogP contribution in [-0.4, -0.2) is 73.4 Å². The van der Waals surface area contributed by atoms with E-state index in [1.807, 2.05) is 34.1 Å². The van der Waals surface area contributed by atoms with Crippen LogP contribution in [0.4, 0.5) is 0 Å². The van der Waals surface area contributed by atoms with Gasteiger partial charge in [-0.3, -0.25) is 13.8 Å². The van der Waals surface area contributed by atoms with Crippen molar-refractivity contribution >= 4 is 13.7 Å². The third-order valence-corrected chi connectivity index (χ3v) is 8.04. The van der Waals surface area contributed by atoms with Gasteiger partial charge >= 0.3 is 7.82 Å². The number of aliphatic hydroxyl groups excluding tert-OH is 1. The standard InChI is InChI=1S/C34H65N2O6P/c1-6-8-9-10-11-12-13-14-15-16-17-18-19-20-21-22-23-24-25-26-28-33(37)32(35-34(38)27-7-2)31-42-43(39,40)41-30-29-36(3,4)5/h18-19,22-23,26,28,32-33,37H,6-17,20-21,24-25,27,29-31H2,1-5H3,(H-,35,38,39,40)/p+1/b19-18+,23-22+,28-26+. The number of phosphoric ester groups is 1. The van der Waals surface area contributed by atoms with Crippen LogP contribution in [0.5, 0.6) is 0 Å². The van der Waals surface area contributed by atoms with Gasteiger partial charge in [0.2, 0.25) is 5.91 Å². The van der Waals surface area contributed by atoms with Gasteiger partial charge in [0, 0.05) is 6.42 Å². The Morgan fingerprint density at radius 3 is 1.81 bits per heavy atom. The molecule has 0 aliphatic rings. The third kappa shape index (κ3) is 29.2. The number of quaternary nitrogens is 1. The number of amides is 1. The number of unbranched alkanes of at least 4 members (excludes halogenated alkanes) is 12. The number of nitrogens with zero attached hydrogens (tertiary/aromatic N) is 1. The molecule has 43 heavy (non-hydrogen) atoms. The minimum absolute atomic E-state index is 0.0514. The molecule has 0 aromatic carbocycles. The van der Waals surface area contributed by atoms with Crippen LogP contribution >= 0.6 is 7.82 Å². The van der Waals surface area contributed by atoms with E-state index in [-0.39, 0.29) is 19.1 Å². The first-order valence-electron chi connectivity index (χ1n) is 16.9. The van der Waals surface area contributed by atoms with Crippen molar-refractivity contribution in [2.45, 2.75) is 135 Å². The summed E-state index contributed by atoms with van der Waals surface area (Å²) in [5, 5.41) is 13.3. The number of carbonyl (C=O) groups is 1. The van der Waals surface area contributed by atoms with E-state index in [0.29, 0.717) is 23.9 Å². The first kappa shape index (κ1) is 41.7. The number of nitrogens with one attached hydrogen (secondary N) is 1. The van der Waals surface area contributed by atoms with Crippen molar-refractivity contribution in [3.63, 3.8) is 0 Å². The van der Waals surface area contributed by atoms with Gasteiger partial charge in [-0.05, 0) is 44.9 Å². The molecule has 3 N–H and O–H groups in total. The van der Waals surface area contributed by atoms with Crippen LogP contribution in [0.1, 0.15) is 123 Å². The van der Waals surface area contributed by atoms with Gasteiger partial charge in [0.1, 0.15) is 13.2 Å². The summed E-state index contributed by atoms with van der Waals surface area (Å²) in [4.78, 5) is 22.2. The maximum absolute atomic E-state index is 12.3. The summed E-state index contributed by atoms with van der Waals surface area (Å²) in [6.45, 7) is 4.39. The van der Waals surface area contributed by atoms with Crippen LogP contribution in [0.3, 0.4) is 0 Å². The first-order valence-corrected chi connectivity index (χ1v) is 18.4. The minimum atomic E-state index is -4.31. The number of likely N-dealkylation sites (N-methyl/N-ethyl adjacent to an activating group) is 1. The van der Waals surface area contributed by atoms with Crippen LogP contribution in [0.15, 0.2) is 36.5 Å². The topological polar surface area (TPSA) is 105 Å². The molecule has 0 spiro atoms. The van der Waals surface area contributed by atoms with Crippen molar-refractivity contribution in [3.8, 4) is 0 Å². The van der Waals surface area contributed by atoms with E-state index >= 15 is 0 Å². The molecule has 0 aromatic rings. The van der Waals surface area contributed by atoms with Gasteiger partial charge in [-0.15, -0.1) is 0 Å². The van der Waals surface area contributed by atoms with E-state index in [9.17, 15) is 19.4 Å². The fourth-order valence-electron chi connectivity index (χ4n) is 4.35. The normalized spacial score (nSPS) is 15.4. The van der Waals surface area contributed by atoms with Gasteiger partial charge in [0.25, 0.3) is 0 Å². The second-order valence-corrected chi connectivity index (χ2v) is 14.0. The molecular weight excluding hydrogens is 563 g/mol. The van der Waals surface area contributed by atoms with Crippen molar-refractivity contribution in [3.05, 3.63) is 36.5 Å². The molecule has 0 aliphatic carbocycles. The van der Waals surface area contributed by atoms with Crippen molar-refractivity contribution in [2.24, 2.45) is 0 Å². The fourth-order valence-corrected chi connectivity index (χ4v) is 5.09. The highest BCUT2D eigenvalue weighted by Gasteiger charge is 2.27. The van der Waals surface area contributed by atoms with Gasteiger partial charge in [-0.25, -0.2) is 4.57 Å². The number of phosphoric acid groups is 1. The predicted molar refractivity (Wildman–Crippen MR) is 180 cm³/mol. The summed E-state index contributed by atoms with van der Waals surface area (Å²) in [5.74, 6) is -0.247. The first-order chi connectivity index (χ1) is 20.5. The molecule has 252 valence electrons. The Morgan fingerprint density at radius 2 is 1.28 bits per heavy atom. The summed E-state index contributed by atoms with van der Waals surface area (Å²) in [5.41, 5.74) is 0. The van der Waals surface area contributed by atoms with E-state index in [2.05, 4.69) is 36.5 Å². The third-order valence-electron chi connectivity index (χ3n) is 7.06. The zero-order valence-corrected chi connectivity index (χ0v) is 29.1. The Balaban J connectivity index is 4.21. The molecule has 0 aromatic heterocycles. The van der Waals surface area contributed by atoms with Crippen LogP contribution in [-0.2, 0) is 18.4 Å². The molecule has 9 heteroatoms. The van der Waals surface area contributed by atoms with Crippen LogP contribution in [0.25, 0.3) is 0 Å². The Kier molecular flexibility index (Phi) is 26.3. The molecule has 8 nitrogen and oxygen atoms in total. The Hall–Kier alpha value is -1.28. The molecule has 0 fully saturated rings. The minimum Gasteiger partial charge on any atom is -0.387 e. The number of carbonyl (C=O) groups excluding carboxylic acids is 1. The number of hydrogen-bond donors (Lipinski definition) is 3. The molecule has 3 unspecified atom stereocenters. The quantitative estimate of drug-likeness (QED) is 0.0335. The van der Waals surface area contributed by atoms with E-state index in [1.165, 1.54) is 70.6 Å². The van der Waals surface area contributed by atoms with Gasteiger partial charge in [0.05, 0.1) is 39.9 Å². The monoisotopic (exact) mass is 629 g/mol. The van der Waals surface area contributed by atoms with E-state index in [4.69, 9.17) is 9.05 Å². The SMILES string of the molecule is CCCCCCCCCCCC/C=C/CC/C=C/CC/C=C/C(O)C(COP(=O)(O)OCC[N+](C)(C)C)NC(=O)CCC.